The van der Waals surface area contributed by atoms with E-state index in [1.165, 1.54) is 24.4 Å². The number of rotatable bonds is 2. The van der Waals surface area contributed by atoms with Crippen LogP contribution < -0.4 is 21.9 Å². The molecule has 11 heavy (non-hydrogen) atoms. The molecule has 1 fully saturated rings. The third kappa shape index (κ3) is 3.87. The predicted molar refractivity (Wildman–Crippen MR) is 40.1 cm³/mol. The first-order valence-electron chi connectivity index (χ1n) is 4.18. The van der Waals surface area contributed by atoms with Gasteiger partial charge >= 0.3 is 0 Å². The Morgan fingerprint density at radius 1 is 1.55 bits per heavy atom. The van der Waals surface area contributed by atoms with Crippen molar-refractivity contribution in [2.24, 2.45) is 0 Å². The van der Waals surface area contributed by atoms with Gasteiger partial charge in [-0.25, -0.2) is 0 Å². The van der Waals surface area contributed by atoms with Gasteiger partial charge in [-0.2, -0.15) is 0 Å². The van der Waals surface area contributed by atoms with Crippen LogP contribution in [0, 0.1) is 0 Å². The maximum atomic E-state index is 10.9. The lowest BCUT2D eigenvalue weighted by molar-refractivity contribution is -0.894. The van der Waals surface area contributed by atoms with Gasteiger partial charge in [0.25, 0.3) is 0 Å². The Labute approximate surface area is 78.7 Å². The van der Waals surface area contributed by atoms with E-state index in [9.17, 15) is 4.79 Å². The van der Waals surface area contributed by atoms with E-state index < -0.39 is 0 Å². The Balaban J connectivity index is 0.000001000. The Bertz CT molecular complexity index is 125. The molecule has 3 heteroatoms. The molecule has 0 bridgehead atoms. The number of Topliss-reactive ketones (excluding diaryl/α,β-unsaturated/α-hetero) is 1. The Hall–Kier alpha value is 0.110. The molecule has 0 saturated carbocycles. The van der Waals surface area contributed by atoms with Gasteiger partial charge in [0.2, 0.25) is 0 Å². The minimum Gasteiger partial charge on any atom is -1.00 e. The first-order valence-corrected chi connectivity index (χ1v) is 4.18. The van der Waals surface area contributed by atoms with E-state index in [1.807, 2.05) is 0 Å². The summed E-state index contributed by atoms with van der Waals surface area (Å²) in [6, 6.07) is 0. The number of ketones is 1. The van der Waals surface area contributed by atoms with Gasteiger partial charge in [0.05, 0.1) is 13.1 Å². The van der Waals surface area contributed by atoms with Crippen molar-refractivity contribution in [2.75, 3.05) is 19.6 Å². The molecule has 1 aliphatic heterocycles. The number of hydrogen-bond donors (Lipinski definition) is 1. The zero-order valence-electron chi connectivity index (χ0n) is 7.03. The largest absolute Gasteiger partial charge is 1.00 e. The van der Waals surface area contributed by atoms with Gasteiger partial charge in [-0.15, -0.1) is 0 Å². The van der Waals surface area contributed by atoms with Crippen molar-refractivity contribution in [1.29, 1.82) is 0 Å². The molecule has 66 valence electrons. The molecule has 1 unspecified atom stereocenters. The third-order valence-electron chi connectivity index (χ3n) is 2.04. The van der Waals surface area contributed by atoms with Gasteiger partial charge < -0.3 is 21.9 Å². The third-order valence-corrected chi connectivity index (χ3v) is 2.04. The molecule has 1 N–H and O–H groups in total. The van der Waals surface area contributed by atoms with Crippen molar-refractivity contribution >= 4 is 5.78 Å². The molecule has 1 rings (SSSR count). The van der Waals surface area contributed by atoms with E-state index in [4.69, 9.17) is 0 Å². The highest BCUT2D eigenvalue weighted by Gasteiger charge is 2.18. The van der Waals surface area contributed by atoms with Gasteiger partial charge in [-0.3, -0.25) is 4.79 Å². The van der Waals surface area contributed by atoms with Crippen LogP contribution in [-0.2, 0) is 4.79 Å². The summed E-state index contributed by atoms with van der Waals surface area (Å²) in [5.74, 6) is 0.453. The van der Waals surface area contributed by atoms with Crippen LogP contribution in [0.2, 0.25) is 0 Å². The van der Waals surface area contributed by atoms with Crippen molar-refractivity contribution in [3.63, 3.8) is 0 Å². The Kier molecular flexibility index (Phi) is 5.78. The fourth-order valence-corrected chi connectivity index (χ4v) is 1.56. The number of carbonyl (C=O) groups excluding carboxylic acids is 1. The van der Waals surface area contributed by atoms with Crippen molar-refractivity contribution in [3.05, 3.63) is 0 Å². The average Bonchev–Trinajstić information content (AvgIpc) is 1.88. The zero-order chi connectivity index (χ0) is 7.40. The lowest BCUT2D eigenvalue weighted by atomic mass is 10.1. The van der Waals surface area contributed by atoms with Gasteiger partial charge in [-0.05, 0) is 6.42 Å². The van der Waals surface area contributed by atoms with Crippen LogP contribution >= 0.6 is 0 Å². The molecular weight excluding hydrogens is 206 g/mol. The lowest BCUT2D eigenvalue weighted by Crippen LogP contribution is -3.13. The minimum absolute atomic E-state index is 0. The fraction of sp³-hybridized carbons (Fsp3) is 0.875. The summed E-state index contributed by atoms with van der Waals surface area (Å²) >= 11 is 0. The first-order chi connectivity index (χ1) is 4.83. The van der Waals surface area contributed by atoms with Gasteiger partial charge in [0, 0.05) is 12.8 Å². The van der Waals surface area contributed by atoms with E-state index in [0.29, 0.717) is 5.78 Å². The number of carbonyl (C=O) groups is 1. The topological polar surface area (TPSA) is 21.5 Å². The van der Waals surface area contributed by atoms with Crippen LogP contribution in [-0.4, -0.2) is 25.4 Å². The highest BCUT2D eigenvalue weighted by Crippen LogP contribution is 1.90. The average molecular weight is 222 g/mol. The summed E-state index contributed by atoms with van der Waals surface area (Å²) in [7, 11) is 0. The Morgan fingerprint density at radius 2 is 2.27 bits per heavy atom. The van der Waals surface area contributed by atoms with Gasteiger partial charge in [0.1, 0.15) is 6.54 Å². The normalized spacial score (nSPS) is 24.5. The Morgan fingerprint density at radius 3 is 2.82 bits per heavy atom. The van der Waals surface area contributed by atoms with Crippen LogP contribution in [0.5, 0.6) is 0 Å². The maximum Gasteiger partial charge on any atom is 0.187 e. The standard InChI is InChI=1S/C8H15NO.BrH/c1-2-5-9-6-3-4-8(10)7-9;/h2-7H2,1H3;1H. The molecule has 0 aromatic heterocycles. The molecule has 1 atom stereocenters. The molecule has 0 radical (unpaired) electrons. The number of quaternary nitrogens is 1. The van der Waals surface area contributed by atoms with Crippen LogP contribution in [0.1, 0.15) is 26.2 Å². The van der Waals surface area contributed by atoms with Crippen molar-refractivity contribution < 1.29 is 26.7 Å². The maximum absolute atomic E-state index is 10.9. The molecule has 0 aliphatic carbocycles. The lowest BCUT2D eigenvalue weighted by Gasteiger charge is -2.21. The molecular formula is C8H16BrNO. The number of likely N-dealkylation sites (tertiary alicyclic amines) is 1. The fourth-order valence-electron chi connectivity index (χ4n) is 1.56. The van der Waals surface area contributed by atoms with Gasteiger partial charge in [0.15, 0.2) is 5.78 Å². The summed E-state index contributed by atoms with van der Waals surface area (Å²) in [6.07, 6.45) is 3.13. The van der Waals surface area contributed by atoms with Crippen LogP contribution in [0.15, 0.2) is 0 Å². The second kappa shape index (κ2) is 5.72. The van der Waals surface area contributed by atoms with Gasteiger partial charge in [-0.1, -0.05) is 6.92 Å². The second-order valence-electron chi connectivity index (χ2n) is 3.07. The highest BCUT2D eigenvalue weighted by atomic mass is 79.9. The molecule has 1 aliphatic rings. The second-order valence-corrected chi connectivity index (χ2v) is 3.07. The van der Waals surface area contributed by atoms with Crippen LogP contribution in [0.3, 0.4) is 0 Å². The molecule has 1 saturated heterocycles. The summed E-state index contributed by atoms with van der Waals surface area (Å²) in [5, 5.41) is 0. The van der Waals surface area contributed by atoms with E-state index in [1.54, 1.807) is 0 Å². The number of halogens is 1. The smallest absolute Gasteiger partial charge is 0.187 e. The van der Waals surface area contributed by atoms with Crippen molar-refractivity contribution in [2.45, 2.75) is 26.2 Å². The molecule has 1 heterocycles. The zero-order valence-corrected chi connectivity index (χ0v) is 8.61. The molecule has 0 amide bonds. The number of piperidine rings is 1. The SMILES string of the molecule is CCC[NH+]1CCCC(=O)C1.[Br-]. The first kappa shape index (κ1) is 11.1. The molecule has 0 aromatic rings. The summed E-state index contributed by atoms with van der Waals surface area (Å²) in [6.45, 7) is 5.34. The predicted octanol–water partition coefficient (Wildman–Crippen LogP) is -3.35. The van der Waals surface area contributed by atoms with E-state index in [0.717, 1.165) is 19.4 Å². The summed E-state index contributed by atoms with van der Waals surface area (Å²) in [5.41, 5.74) is 0. The summed E-state index contributed by atoms with van der Waals surface area (Å²) < 4.78 is 0. The summed E-state index contributed by atoms with van der Waals surface area (Å²) in [4.78, 5) is 12.4. The van der Waals surface area contributed by atoms with Crippen LogP contribution in [0.4, 0.5) is 0 Å². The highest BCUT2D eigenvalue weighted by molar-refractivity contribution is 5.79. The monoisotopic (exact) mass is 221 g/mol. The number of hydrogen-bond acceptors (Lipinski definition) is 1. The van der Waals surface area contributed by atoms with E-state index >= 15 is 0 Å². The molecule has 0 aromatic carbocycles. The quantitative estimate of drug-likeness (QED) is 0.518. The molecule has 2 nitrogen and oxygen atoms in total. The van der Waals surface area contributed by atoms with E-state index in [2.05, 4.69) is 6.92 Å². The minimum atomic E-state index is 0. The van der Waals surface area contributed by atoms with Crippen molar-refractivity contribution in [3.8, 4) is 0 Å². The van der Waals surface area contributed by atoms with E-state index in [-0.39, 0.29) is 17.0 Å². The number of nitrogens with one attached hydrogen (secondary N) is 1. The molecule has 0 spiro atoms. The van der Waals surface area contributed by atoms with Crippen molar-refractivity contribution in [1.82, 2.24) is 0 Å². The van der Waals surface area contributed by atoms with Crippen LogP contribution in [0.25, 0.3) is 0 Å².